The van der Waals surface area contributed by atoms with Gasteiger partial charge in [-0.05, 0) is 32.0 Å². The van der Waals surface area contributed by atoms with Crippen molar-refractivity contribution in [2.45, 2.75) is 6.92 Å². The van der Waals surface area contributed by atoms with Gasteiger partial charge in [-0.15, -0.1) is 6.58 Å². The van der Waals surface area contributed by atoms with Crippen molar-refractivity contribution in [3.05, 3.63) is 24.1 Å². The minimum Gasteiger partial charge on any atom is -0.102 e. The fraction of sp³-hybridized carbons (Fsp3) is 0.333. The molecule has 0 bridgehead atoms. The predicted octanol–water partition coefficient (Wildman–Crippen LogP) is 4.38. The maximum absolute atomic E-state index is 3.63. The Labute approximate surface area is 77.9 Å². The van der Waals surface area contributed by atoms with Gasteiger partial charge in [-0.25, -0.2) is 0 Å². The van der Waals surface area contributed by atoms with E-state index in [9.17, 15) is 0 Å². The Hall–Kier alpha value is 0.880. The van der Waals surface area contributed by atoms with E-state index in [-0.39, 0.29) is 0 Å². The molecule has 10 heavy (non-hydrogen) atoms. The van der Waals surface area contributed by atoms with Gasteiger partial charge in [0, 0.05) is 5.75 Å². The minimum atomic E-state index is 1.02. The molecule has 0 saturated carbocycles. The molecular weight excluding hydrogens is 200 g/mol. The molecule has 0 spiro atoms. The molecule has 0 aliphatic carbocycles. The van der Waals surface area contributed by atoms with Crippen LogP contribution in [0.3, 0.4) is 0 Å². The van der Waals surface area contributed by atoms with E-state index in [1.54, 1.807) is 30.4 Å². The molecule has 0 rings (SSSR count). The van der Waals surface area contributed by atoms with Gasteiger partial charge in [0.25, 0.3) is 0 Å². The normalized spacial score (nSPS) is 10.5. The molecule has 4 heteroatoms. The van der Waals surface area contributed by atoms with E-state index in [0.29, 0.717) is 0 Å². The molecule has 0 amide bonds. The second-order valence-electron chi connectivity index (χ2n) is 1.27. The van der Waals surface area contributed by atoms with Crippen LogP contribution in [0.25, 0.3) is 0 Å². The summed E-state index contributed by atoms with van der Waals surface area (Å²) in [5.41, 5.74) is 0. The van der Waals surface area contributed by atoms with Crippen molar-refractivity contribution >= 4 is 41.2 Å². The number of hydrogen-bond donors (Lipinski definition) is 0. The van der Waals surface area contributed by atoms with Crippen LogP contribution in [0.4, 0.5) is 0 Å². The van der Waals surface area contributed by atoms with Crippen LogP contribution >= 0.6 is 41.2 Å². The lowest BCUT2D eigenvalue weighted by Gasteiger charge is -1.91. The molecule has 0 aromatic rings. The van der Waals surface area contributed by atoms with Crippen molar-refractivity contribution in [1.29, 1.82) is 0 Å². The molecule has 0 radical (unpaired) electrons. The average Bonchev–Trinajstić information content (AvgIpc) is 1.97. The highest BCUT2D eigenvalue weighted by molar-refractivity contribution is 9.26. The summed E-state index contributed by atoms with van der Waals surface area (Å²) in [4.78, 5) is 0. The molecule has 0 N–H and O–H groups in total. The molecule has 58 valence electrons. The first kappa shape index (κ1) is 10.9. The zero-order chi connectivity index (χ0) is 7.66. The van der Waals surface area contributed by atoms with Crippen LogP contribution in [0.2, 0.25) is 0 Å². The van der Waals surface area contributed by atoms with Crippen molar-refractivity contribution in [2.24, 2.45) is 0 Å². The highest BCUT2D eigenvalue weighted by Crippen LogP contribution is 2.43. The van der Waals surface area contributed by atoms with Crippen LogP contribution in [0.15, 0.2) is 24.1 Å². The second-order valence-corrected chi connectivity index (χ2v) is 7.13. The van der Waals surface area contributed by atoms with E-state index in [2.05, 4.69) is 12.0 Å². The zero-order valence-electron chi connectivity index (χ0n) is 5.78. The minimum absolute atomic E-state index is 1.02. The van der Waals surface area contributed by atoms with Gasteiger partial charge >= 0.3 is 0 Å². The predicted molar refractivity (Wildman–Crippen MR) is 60.2 cm³/mol. The second kappa shape index (κ2) is 9.88. The van der Waals surface area contributed by atoms with Gasteiger partial charge in [-0.1, -0.05) is 33.7 Å². The summed E-state index contributed by atoms with van der Waals surface area (Å²) >= 11 is 0. The van der Waals surface area contributed by atoms with Crippen molar-refractivity contribution in [1.82, 2.24) is 0 Å². The van der Waals surface area contributed by atoms with E-state index in [1.165, 1.54) is 0 Å². The lowest BCUT2D eigenvalue weighted by molar-refractivity contribution is 1.79. The molecule has 0 nitrogen and oxygen atoms in total. The summed E-state index contributed by atoms with van der Waals surface area (Å²) < 4.78 is 0. The Bertz CT molecular complexity index is 99.9. The Kier molecular flexibility index (Phi) is 10.7. The standard InChI is InChI=1S/C6H10S4/c1-3-5-7-9-10-8-6-4-2/h3-4,6H,1,5H2,2H3. The van der Waals surface area contributed by atoms with Crippen molar-refractivity contribution in [2.75, 3.05) is 5.75 Å². The molecule has 0 saturated heterocycles. The van der Waals surface area contributed by atoms with Gasteiger partial charge in [0.15, 0.2) is 0 Å². The summed E-state index contributed by atoms with van der Waals surface area (Å²) in [6.45, 7) is 5.65. The topological polar surface area (TPSA) is 0 Å². The first-order valence-electron chi connectivity index (χ1n) is 2.75. The maximum Gasteiger partial charge on any atom is 0.0223 e. The van der Waals surface area contributed by atoms with Gasteiger partial charge in [-0.2, -0.15) is 0 Å². The van der Waals surface area contributed by atoms with E-state index < -0.39 is 0 Å². The van der Waals surface area contributed by atoms with Crippen LogP contribution in [-0.2, 0) is 0 Å². The molecule has 0 aromatic heterocycles. The number of rotatable bonds is 6. The summed E-state index contributed by atoms with van der Waals surface area (Å²) in [6, 6.07) is 0. The largest absolute Gasteiger partial charge is 0.102 e. The molecule has 0 aliphatic rings. The van der Waals surface area contributed by atoms with Gasteiger partial charge in [0.05, 0.1) is 0 Å². The molecule has 0 aliphatic heterocycles. The Balaban J connectivity index is 2.83. The van der Waals surface area contributed by atoms with Gasteiger partial charge in [0.2, 0.25) is 0 Å². The molecule has 0 fully saturated rings. The lowest BCUT2D eigenvalue weighted by Crippen LogP contribution is -1.55. The molecule has 0 aromatic carbocycles. The monoisotopic (exact) mass is 210 g/mol. The van der Waals surface area contributed by atoms with Crippen LogP contribution in [-0.4, -0.2) is 5.75 Å². The first-order valence-corrected chi connectivity index (χ1v) is 7.80. The van der Waals surface area contributed by atoms with E-state index in [1.807, 2.05) is 29.9 Å². The maximum atomic E-state index is 3.63. The van der Waals surface area contributed by atoms with E-state index in [0.717, 1.165) is 5.75 Å². The van der Waals surface area contributed by atoms with Gasteiger partial charge < -0.3 is 0 Å². The fourth-order valence-electron chi connectivity index (χ4n) is 0.190. The third kappa shape index (κ3) is 8.88. The van der Waals surface area contributed by atoms with E-state index >= 15 is 0 Å². The Morgan fingerprint density at radius 1 is 1.40 bits per heavy atom. The first-order chi connectivity index (χ1) is 4.91. The Morgan fingerprint density at radius 3 is 2.80 bits per heavy atom. The molecule has 0 heterocycles. The molecular formula is C6H10S4. The summed E-state index contributed by atoms with van der Waals surface area (Å²) in [5, 5.41) is 2.08. The molecule has 0 unspecified atom stereocenters. The molecule has 0 atom stereocenters. The lowest BCUT2D eigenvalue weighted by atomic mass is 10.8. The third-order valence-corrected chi connectivity index (χ3v) is 6.48. The third-order valence-electron chi connectivity index (χ3n) is 0.493. The highest BCUT2D eigenvalue weighted by Gasteiger charge is 1.85. The van der Waals surface area contributed by atoms with Crippen molar-refractivity contribution < 1.29 is 0 Å². The summed E-state index contributed by atoms with van der Waals surface area (Å²) in [5.74, 6) is 1.02. The Morgan fingerprint density at radius 2 is 2.20 bits per heavy atom. The van der Waals surface area contributed by atoms with Crippen LogP contribution in [0.1, 0.15) is 6.92 Å². The smallest absolute Gasteiger partial charge is 0.0223 e. The fourth-order valence-corrected chi connectivity index (χ4v) is 5.19. The van der Waals surface area contributed by atoms with Gasteiger partial charge in [-0.3, -0.25) is 0 Å². The quantitative estimate of drug-likeness (QED) is 0.362. The highest BCUT2D eigenvalue weighted by atomic mass is 33.7. The van der Waals surface area contributed by atoms with E-state index in [4.69, 9.17) is 0 Å². The van der Waals surface area contributed by atoms with Crippen LogP contribution < -0.4 is 0 Å². The van der Waals surface area contributed by atoms with Crippen LogP contribution in [0.5, 0.6) is 0 Å². The van der Waals surface area contributed by atoms with Crippen LogP contribution in [0, 0.1) is 0 Å². The van der Waals surface area contributed by atoms with Crippen molar-refractivity contribution in [3.8, 4) is 0 Å². The van der Waals surface area contributed by atoms with Gasteiger partial charge in [0.1, 0.15) is 0 Å². The average molecular weight is 210 g/mol. The SMILES string of the molecule is C=CCSSSSC=CC. The zero-order valence-corrected chi connectivity index (χ0v) is 9.05. The summed E-state index contributed by atoms with van der Waals surface area (Å²) in [7, 11) is 7.13. The summed E-state index contributed by atoms with van der Waals surface area (Å²) in [6.07, 6.45) is 3.95. The number of allylic oxidation sites excluding steroid dienone is 1. The number of hydrogen-bond acceptors (Lipinski definition) is 4. The van der Waals surface area contributed by atoms with Crippen molar-refractivity contribution in [3.63, 3.8) is 0 Å².